The standard InChI is InChI=1S/C34H45N3O2/c1-7-11-13-26(8-2)25-35-20-22-37(23-21-35)31(30-15-12-14-29-24-34(5,6)39-32(29)30)27-16-18-28(19-17-27)33(38)36(9-3)10-4/h7-8,11-19,31H,1,9-10,20-25H2,2-6H3/b13-11-,26-8+. The summed E-state index contributed by atoms with van der Waals surface area (Å²) in [5.74, 6) is 1.12. The highest BCUT2D eigenvalue weighted by Crippen LogP contribution is 2.43. The van der Waals surface area contributed by atoms with E-state index in [0.29, 0.717) is 13.1 Å². The molecule has 0 N–H and O–H groups in total. The Labute approximate surface area is 235 Å². The Balaban J connectivity index is 1.62. The van der Waals surface area contributed by atoms with Crippen LogP contribution in [0.2, 0.25) is 0 Å². The highest BCUT2D eigenvalue weighted by molar-refractivity contribution is 5.94. The van der Waals surface area contributed by atoms with Gasteiger partial charge in [0.2, 0.25) is 0 Å². The lowest BCUT2D eigenvalue weighted by molar-refractivity contribution is 0.0772. The van der Waals surface area contributed by atoms with Crippen molar-refractivity contribution in [3.05, 3.63) is 101 Å². The molecule has 0 saturated carbocycles. The van der Waals surface area contributed by atoms with Gasteiger partial charge in [-0.2, -0.15) is 0 Å². The van der Waals surface area contributed by atoms with Crippen LogP contribution in [0.4, 0.5) is 0 Å². The second-order valence-electron chi connectivity index (χ2n) is 11.1. The summed E-state index contributed by atoms with van der Waals surface area (Å²) in [5.41, 5.74) is 5.55. The van der Waals surface area contributed by atoms with Crippen molar-refractivity contribution in [2.45, 2.75) is 52.7 Å². The van der Waals surface area contributed by atoms with Crippen LogP contribution in [-0.4, -0.2) is 72.0 Å². The maximum Gasteiger partial charge on any atom is 0.253 e. The van der Waals surface area contributed by atoms with E-state index in [1.807, 2.05) is 43.0 Å². The fourth-order valence-electron chi connectivity index (χ4n) is 5.81. The number of allylic oxidation sites excluding steroid dienone is 3. The summed E-state index contributed by atoms with van der Waals surface area (Å²) in [5, 5.41) is 0. The number of hydrogen-bond donors (Lipinski definition) is 0. The third kappa shape index (κ3) is 6.71. The van der Waals surface area contributed by atoms with Gasteiger partial charge >= 0.3 is 0 Å². The molecule has 1 atom stereocenters. The fourth-order valence-corrected chi connectivity index (χ4v) is 5.81. The Morgan fingerprint density at radius 3 is 2.38 bits per heavy atom. The molecule has 0 aromatic heterocycles. The molecule has 2 aromatic rings. The minimum absolute atomic E-state index is 0.0652. The summed E-state index contributed by atoms with van der Waals surface area (Å²) in [7, 11) is 0. The van der Waals surface area contributed by atoms with Crippen molar-refractivity contribution in [3.8, 4) is 5.75 Å². The van der Waals surface area contributed by atoms with E-state index in [9.17, 15) is 4.79 Å². The average Bonchev–Trinajstić information content (AvgIpc) is 3.27. The number of benzene rings is 2. The Kier molecular flexibility index (Phi) is 9.47. The molecule has 1 fully saturated rings. The van der Waals surface area contributed by atoms with E-state index in [2.05, 4.69) is 79.6 Å². The van der Waals surface area contributed by atoms with Gasteiger partial charge in [-0.15, -0.1) is 0 Å². The second kappa shape index (κ2) is 12.8. The molecule has 208 valence electrons. The smallest absolute Gasteiger partial charge is 0.253 e. The van der Waals surface area contributed by atoms with Gasteiger partial charge in [0.15, 0.2) is 0 Å². The van der Waals surface area contributed by atoms with E-state index in [1.54, 1.807) is 0 Å². The fraction of sp³-hybridized carbons (Fsp3) is 0.441. The van der Waals surface area contributed by atoms with E-state index in [0.717, 1.165) is 50.5 Å². The van der Waals surface area contributed by atoms with Crippen LogP contribution >= 0.6 is 0 Å². The maximum atomic E-state index is 13.0. The number of para-hydroxylation sites is 1. The molecule has 2 aromatic carbocycles. The minimum atomic E-state index is -0.205. The molecule has 1 unspecified atom stereocenters. The van der Waals surface area contributed by atoms with E-state index in [-0.39, 0.29) is 17.6 Å². The zero-order chi connectivity index (χ0) is 28.0. The minimum Gasteiger partial charge on any atom is -0.487 e. The van der Waals surface area contributed by atoms with Crippen molar-refractivity contribution in [3.63, 3.8) is 0 Å². The lowest BCUT2D eigenvalue weighted by Crippen LogP contribution is -2.48. The van der Waals surface area contributed by atoms with Gasteiger partial charge in [-0.25, -0.2) is 0 Å². The van der Waals surface area contributed by atoms with Gasteiger partial charge in [-0.05, 0) is 63.5 Å². The first kappa shape index (κ1) is 28.8. The molecule has 5 heteroatoms. The molecule has 0 bridgehead atoms. The Hall–Kier alpha value is -3.15. The van der Waals surface area contributed by atoms with Crippen LogP contribution < -0.4 is 4.74 Å². The van der Waals surface area contributed by atoms with Gasteiger partial charge in [-0.1, -0.05) is 61.2 Å². The molecule has 39 heavy (non-hydrogen) atoms. The zero-order valence-electron chi connectivity index (χ0n) is 24.5. The van der Waals surface area contributed by atoms with Crippen molar-refractivity contribution < 1.29 is 9.53 Å². The summed E-state index contributed by atoms with van der Waals surface area (Å²) in [4.78, 5) is 19.9. The van der Waals surface area contributed by atoms with Crippen LogP contribution in [0.15, 0.2) is 78.9 Å². The monoisotopic (exact) mass is 527 g/mol. The molecular formula is C34H45N3O2. The van der Waals surface area contributed by atoms with Crippen molar-refractivity contribution in [2.75, 3.05) is 45.8 Å². The summed E-state index contributed by atoms with van der Waals surface area (Å²) in [6.07, 6.45) is 9.08. The van der Waals surface area contributed by atoms with E-state index >= 15 is 0 Å². The van der Waals surface area contributed by atoms with Crippen LogP contribution in [-0.2, 0) is 6.42 Å². The number of amides is 1. The molecule has 0 aliphatic carbocycles. The molecular weight excluding hydrogens is 482 g/mol. The zero-order valence-corrected chi connectivity index (χ0v) is 24.5. The third-order valence-corrected chi connectivity index (χ3v) is 7.94. The van der Waals surface area contributed by atoms with Gasteiger partial charge in [0.05, 0.1) is 6.04 Å². The molecule has 5 nitrogen and oxygen atoms in total. The summed E-state index contributed by atoms with van der Waals surface area (Å²) in [6, 6.07) is 14.9. The highest BCUT2D eigenvalue weighted by Gasteiger charge is 2.36. The van der Waals surface area contributed by atoms with Crippen LogP contribution in [0.5, 0.6) is 5.75 Å². The molecule has 1 saturated heterocycles. The largest absolute Gasteiger partial charge is 0.487 e. The van der Waals surface area contributed by atoms with E-state index in [4.69, 9.17) is 4.74 Å². The quantitative estimate of drug-likeness (QED) is 0.341. The summed E-state index contributed by atoms with van der Waals surface area (Å²) in [6.45, 7) is 20.6. The van der Waals surface area contributed by atoms with Gasteiger partial charge in [-0.3, -0.25) is 14.6 Å². The predicted molar refractivity (Wildman–Crippen MR) is 161 cm³/mol. The topological polar surface area (TPSA) is 36.0 Å². The highest BCUT2D eigenvalue weighted by atomic mass is 16.5. The van der Waals surface area contributed by atoms with Gasteiger partial charge in [0.1, 0.15) is 11.4 Å². The molecule has 1 amide bonds. The third-order valence-electron chi connectivity index (χ3n) is 7.94. The normalized spacial score (nSPS) is 18.5. The molecule has 2 aliphatic rings. The number of carbonyl (C=O) groups excluding carboxylic acids is 1. The van der Waals surface area contributed by atoms with Gasteiger partial charge in [0, 0.05) is 63.4 Å². The molecule has 0 spiro atoms. The first-order valence-electron chi connectivity index (χ1n) is 14.4. The van der Waals surface area contributed by atoms with Crippen molar-refractivity contribution >= 4 is 5.91 Å². The number of fused-ring (bicyclic) bond motifs is 1. The Morgan fingerprint density at radius 1 is 1.08 bits per heavy atom. The number of carbonyl (C=O) groups is 1. The Bertz CT molecular complexity index is 1200. The van der Waals surface area contributed by atoms with Crippen LogP contribution in [0.3, 0.4) is 0 Å². The second-order valence-corrected chi connectivity index (χ2v) is 11.1. The number of rotatable bonds is 10. The van der Waals surface area contributed by atoms with Crippen molar-refractivity contribution in [1.29, 1.82) is 0 Å². The molecule has 2 heterocycles. The van der Waals surface area contributed by atoms with Crippen molar-refractivity contribution in [2.24, 2.45) is 0 Å². The molecule has 4 rings (SSSR count). The van der Waals surface area contributed by atoms with Crippen LogP contribution in [0.25, 0.3) is 0 Å². The lowest BCUT2D eigenvalue weighted by atomic mass is 9.92. The lowest BCUT2D eigenvalue weighted by Gasteiger charge is -2.40. The van der Waals surface area contributed by atoms with Gasteiger partial charge < -0.3 is 9.64 Å². The van der Waals surface area contributed by atoms with Crippen LogP contribution in [0.1, 0.15) is 67.7 Å². The van der Waals surface area contributed by atoms with Gasteiger partial charge in [0.25, 0.3) is 5.91 Å². The van der Waals surface area contributed by atoms with Crippen LogP contribution in [0, 0.1) is 0 Å². The summed E-state index contributed by atoms with van der Waals surface area (Å²) >= 11 is 0. The van der Waals surface area contributed by atoms with Crippen molar-refractivity contribution in [1.82, 2.24) is 14.7 Å². The number of nitrogens with zero attached hydrogens (tertiary/aromatic N) is 3. The average molecular weight is 528 g/mol. The number of piperazine rings is 1. The maximum absolute atomic E-state index is 13.0. The SMILES string of the molecule is C=C/C=C\C(=C/C)CN1CCN(C(c2ccc(C(=O)N(CC)CC)cc2)c2cccc3c2OC(C)(C)C3)CC1. The van der Waals surface area contributed by atoms with E-state index in [1.165, 1.54) is 22.3 Å². The molecule has 2 aliphatic heterocycles. The number of ether oxygens (including phenoxy) is 1. The predicted octanol–water partition coefficient (Wildman–Crippen LogP) is 6.28. The first-order chi connectivity index (χ1) is 18.8. The molecule has 0 radical (unpaired) electrons. The number of hydrogen-bond acceptors (Lipinski definition) is 4. The Morgan fingerprint density at radius 2 is 1.77 bits per heavy atom. The van der Waals surface area contributed by atoms with E-state index < -0.39 is 0 Å². The first-order valence-corrected chi connectivity index (χ1v) is 14.4. The summed E-state index contributed by atoms with van der Waals surface area (Å²) < 4.78 is 6.55.